The van der Waals surface area contributed by atoms with Crippen LogP contribution in [-0.2, 0) is 4.79 Å². The third-order valence-corrected chi connectivity index (χ3v) is 3.99. The van der Waals surface area contributed by atoms with Crippen molar-refractivity contribution in [3.8, 4) is 5.75 Å². The van der Waals surface area contributed by atoms with Gasteiger partial charge in [0.05, 0.1) is 10.7 Å². The predicted octanol–water partition coefficient (Wildman–Crippen LogP) is 1.08. The van der Waals surface area contributed by atoms with E-state index >= 15 is 0 Å². The summed E-state index contributed by atoms with van der Waals surface area (Å²) in [5, 5.41) is 20.1. The van der Waals surface area contributed by atoms with E-state index < -0.39 is 0 Å². The van der Waals surface area contributed by atoms with Crippen molar-refractivity contribution in [3.05, 3.63) is 64.2 Å². The van der Waals surface area contributed by atoms with Crippen LogP contribution in [-0.4, -0.2) is 39.6 Å². The second-order valence-electron chi connectivity index (χ2n) is 5.19. The molecule has 4 rings (SSSR count). The van der Waals surface area contributed by atoms with Gasteiger partial charge in [-0.05, 0) is 18.2 Å². The van der Waals surface area contributed by atoms with Crippen molar-refractivity contribution in [2.24, 2.45) is 10.2 Å². The minimum Gasteiger partial charge on any atom is -0.506 e. The minimum atomic E-state index is -0.222. The van der Waals surface area contributed by atoms with Crippen molar-refractivity contribution in [3.63, 3.8) is 0 Å². The van der Waals surface area contributed by atoms with Crippen molar-refractivity contribution in [2.75, 3.05) is 6.54 Å². The number of rotatable bonds is 1. The van der Waals surface area contributed by atoms with Gasteiger partial charge in [-0.2, -0.15) is 10.2 Å². The first-order valence-corrected chi connectivity index (χ1v) is 7.32. The SMILES string of the molecule is O.O=C1CN2N=C(c3ccc(O)c(Cl)c3)c3ccccc3C2=NN1. The quantitative estimate of drug-likeness (QED) is 0.807. The molecule has 2 aliphatic heterocycles. The average molecular weight is 345 g/mol. The van der Waals surface area contributed by atoms with Gasteiger partial charge in [-0.25, -0.2) is 10.4 Å². The standard InChI is InChI=1S/C16H11ClN4O2.H2O/c17-12-7-9(5-6-13(12)22)15-10-3-1-2-4-11(10)16-19-18-14(23)8-21(16)20-15;/h1-7,22H,8H2,(H,18,23);1H2. The fourth-order valence-corrected chi connectivity index (χ4v) is 2.81. The monoisotopic (exact) mass is 344 g/mol. The molecule has 0 spiro atoms. The van der Waals surface area contributed by atoms with Crippen LogP contribution in [0.1, 0.15) is 16.7 Å². The molecule has 2 heterocycles. The molecular formula is C16H13ClN4O3. The zero-order valence-electron chi connectivity index (χ0n) is 12.3. The maximum atomic E-state index is 11.6. The molecule has 0 aromatic heterocycles. The molecular weight excluding hydrogens is 332 g/mol. The van der Waals surface area contributed by atoms with Crippen LogP contribution in [0.25, 0.3) is 0 Å². The lowest BCUT2D eigenvalue weighted by Crippen LogP contribution is -2.45. The number of hydrogen-bond acceptors (Lipinski definition) is 5. The fraction of sp³-hybridized carbons (Fsp3) is 0.0625. The summed E-state index contributed by atoms with van der Waals surface area (Å²) in [7, 11) is 0. The van der Waals surface area contributed by atoms with Crippen molar-refractivity contribution >= 4 is 29.1 Å². The highest BCUT2D eigenvalue weighted by molar-refractivity contribution is 6.33. The lowest BCUT2D eigenvalue weighted by atomic mass is 9.95. The number of nitrogens with zero attached hydrogens (tertiary/aromatic N) is 3. The molecule has 2 aromatic carbocycles. The lowest BCUT2D eigenvalue weighted by molar-refractivity contribution is -0.122. The van der Waals surface area contributed by atoms with Crippen LogP contribution in [0.3, 0.4) is 0 Å². The van der Waals surface area contributed by atoms with E-state index in [9.17, 15) is 9.90 Å². The number of benzene rings is 2. The first-order chi connectivity index (χ1) is 11.1. The number of amidine groups is 1. The summed E-state index contributed by atoms with van der Waals surface area (Å²) >= 11 is 6.01. The normalized spacial score (nSPS) is 15.4. The van der Waals surface area contributed by atoms with E-state index in [-0.39, 0.29) is 28.7 Å². The lowest BCUT2D eigenvalue weighted by Gasteiger charge is -2.30. The van der Waals surface area contributed by atoms with Crippen molar-refractivity contribution in [1.29, 1.82) is 0 Å². The fourth-order valence-electron chi connectivity index (χ4n) is 2.63. The second-order valence-corrected chi connectivity index (χ2v) is 5.60. The van der Waals surface area contributed by atoms with Gasteiger partial charge in [0.25, 0.3) is 5.91 Å². The molecule has 2 aliphatic rings. The van der Waals surface area contributed by atoms with E-state index in [0.717, 1.165) is 16.7 Å². The highest BCUT2D eigenvalue weighted by atomic mass is 35.5. The molecule has 1 amide bonds. The maximum Gasteiger partial charge on any atom is 0.261 e. The molecule has 0 bridgehead atoms. The third kappa shape index (κ3) is 2.49. The Morgan fingerprint density at radius 2 is 1.92 bits per heavy atom. The Labute approximate surface area is 142 Å². The molecule has 0 saturated carbocycles. The highest BCUT2D eigenvalue weighted by Gasteiger charge is 2.30. The number of nitrogens with one attached hydrogen (secondary N) is 1. The minimum absolute atomic E-state index is 0. The Bertz CT molecular complexity index is 895. The van der Waals surface area contributed by atoms with Gasteiger partial charge < -0.3 is 10.6 Å². The van der Waals surface area contributed by atoms with Gasteiger partial charge in [0.1, 0.15) is 12.3 Å². The summed E-state index contributed by atoms with van der Waals surface area (Å²) in [6.07, 6.45) is 0. The summed E-state index contributed by atoms with van der Waals surface area (Å²) in [6.45, 7) is 0.0997. The van der Waals surface area contributed by atoms with Crippen LogP contribution in [0.2, 0.25) is 5.02 Å². The van der Waals surface area contributed by atoms with Gasteiger partial charge in [0.2, 0.25) is 0 Å². The molecule has 0 aliphatic carbocycles. The van der Waals surface area contributed by atoms with Crippen LogP contribution >= 0.6 is 11.6 Å². The molecule has 24 heavy (non-hydrogen) atoms. The number of carbonyl (C=O) groups excluding carboxylic acids is 1. The van der Waals surface area contributed by atoms with E-state index in [4.69, 9.17) is 11.6 Å². The number of fused-ring (bicyclic) bond motifs is 3. The number of hydrazone groups is 2. The number of aromatic hydroxyl groups is 1. The molecule has 0 saturated heterocycles. The number of carbonyl (C=O) groups is 1. The summed E-state index contributed by atoms with van der Waals surface area (Å²) in [5.41, 5.74) is 5.67. The van der Waals surface area contributed by atoms with E-state index in [2.05, 4.69) is 15.6 Å². The van der Waals surface area contributed by atoms with Crippen molar-refractivity contribution in [1.82, 2.24) is 10.4 Å². The zero-order chi connectivity index (χ0) is 16.0. The molecule has 0 unspecified atom stereocenters. The Morgan fingerprint density at radius 3 is 2.67 bits per heavy atom. The van der Waals surface area contributed by atoms with Crippen molar-refractivity contribution < 1.29 is 15.4 Å². The number of phenolic OH excluding ortho intramolecular Hbond substituents is 1. The molecule has 8 heteroatoms. The third-order valence-electron chi connectivity index (χ3n) is 3.69. The van der Waals surface area contributed by atoms with Crippen molar-refractivity contribution in [2.45, 2.75) is 0 Å². The smallest absolute Gasteiger partial charge is 0.261 e. The molecule has 7 nitrogen and oxygen atoms in total. The molecule has 0 atom stereocenters. The van der Waals surface area contributed by atoms with Gasteiger partial charge in [0.15, 0.2) is 5.84 Å². The van der Waals surface area contributed by atoms with Crippen LogP contribution in [0, 0.1) is 0 Å². The van der Waals surface area contributed by atoms with Gasteiger partial charge >= 0.3 is 0 Å². The van der Waals surface area contributed by atoms with Crippen LogP contribution in [0.4, 0.5) is 0 Å². The summed E-state index contributed by atoms with van der Waals surface area (Å²) < 4.78 is 0. The number of halogens is 1. The average Bonchev–Trinajstić information content (AvgIpc) is 2.56. The Kier molecular flexibility index (Phi) is 3.96. The van der Waals surface area contributed by atoms with E-state index in [1.165, 1.54) is 6.07 Å². The number of phenols is 1. The van der Waals surface area contributed by atoms with E-state index in [0.29, 0.717) is 11.5 Å². The van der Waals surface area contributed by atoms with E-state index in [1.807, 2.05) is 24.3 Å². The first-order valence-electron chi connectivity index (χ1n) is 6.95. The topological polar surface area (TPSA) is 109 Å². The summed E-state index contributed by atoms with van der Waals surface area (Å²) in [4.78, 5) is 11.6. The molecule has 4 N–H and O–H groups in total. The number of hydrogen-bond donors (Lipinski definition) is 2. The molecule has 2 aromatic rings. The van der Waals surface area contributed by atoms with Crippen LogP contribution in [0.15, 0.2) is 52.7 Å². The Morgan fingerprint density at radius 1 is 1.17 bits per heavy atom. The molecule has 0 fully saturated rings. The van der Waals surface area contributed by atoms with Gasteiger partial charge in [-0.15, -0.1) is 0 Å². The van der Waals surface area contributed by atoms with Crippen LogP contribution < -0.4 is 5.43 Å². The molecule has 0 radical (unpaired) electrons. The summed E-state index contributed by atoms with van der Waals surface area (Å²) in [6, 6.07) is 12.6. The first kappa shape index (κ1) is 16.0. The van der Waals surface area contributed by atoms with Gasteiger partial charge in [-0.1, -0.05) is 35.9 Å². The van der Waals surface area contributed by atoms with E-state index in [1.54, 1.807) is 17.1 Å². The molecule has 122 valence electrons. The number of amides is 1. The Balaban J connectivity index is 0.00000169. The zero-order valence-corrected chi connectivity index (χ0v) is 13.1. The predicted molar refractivity (Wildman–Crippen MR) is 90.2 cm³/mol. The van der Waals surface area contributed by atoms with Gasteiger partial charge in [0, 0.05) is 16.7 Å². The maximum absolute atomic E-state index is 11.6. The summed E-state index contributed by atoms with van der Waals surface area (Å²) in [5.74, 6) is 0.397. The van der Waals surface area contributed by atoms with Gasteiger partial charge in [-0.3, -0.25) is 4.79 Å². The second kappa shape index (κ2) is 5.95. The highest BCUT2D eigenvalue weighted by Crippen LogP contribution is 2.28. The van der Waals surface area contributed by atoms with Crippen LogP contribution in [0.5, 0.6) is 5.75 Å². The largest absolute Gasteiger partial charge is 0.506 e. The Hall–Kier alpha value is -2.90.